The Morgan fingerprint density at radius 3 is 2.39 bits per heavy atom. The van der Waals surface area contributed by atoms with Gasteiger partial charge >= 0.3 is 0 Å². The Morgan fingerprint density at radius 2 is 1.68 bits per heavy atom. The van der Waals surface area contributed by atoms with Gasteiger partial charge in [0.05, 0.1) is 7.11 Å². The highest BCUT2D eigenvalue weighted by molar-refractivity contribution is 6.22. The number of halogens is 1. The number of hydrogen-bond donors (Lipinski definition) is 0. The molecule has 1 aliphatic carbocycles. The van der Waals surface area contributed by atoms with E-state index in [4.69, 9.17) is 4.74 Å². The maximum Gasteiger partial charge on any atom is 0.253 e. The predicted molar refractivity (Wildman–Crippen MR) is 104 cm³/mol. The van der Waals surface area contributed by atoms with Crippen molar-refractivity contribution in [2.45, 2.75) is 6.54 Å². The van der Waals surface area contributed by atoms with Gasteiger partial charge in [0.1, 0.15) is 0 Å². The molecule has 4 nitrogen and oxygen atoms in total. The SMILES string of the molecule is COc1ccc(CN(C)C(=O)c2ccc3c(c2)C(=O)c2ccccc2-3)cc1F. The fraction of sp³-hybridized carbons (Fsp3) is 0.130. The van der Waals surface area contributed by atoms with Gasteiger partial charge < -0.3 is 9.64 Å². The molecule has 0 bridgehead atoms. The van der Waals surface area contributed by atoms with Gasteiger partial charge in [-0.05, 0) is 41.0 Å². The number of benzene rings is 3. The Hall–Kier alpha value is -3.47. The van der Waals surface area contributed by atoms with E-state index in [1.165, 1.54) is 24.1 Å². The van der Waals surface area contributed by atoms with Crippen molar-refractivity contribution in [2.75, 3.05) is 14.2 Å². The summed E-state index contributed by atoms with van der Waals surface area (Å²) in [6.45, 7) is 0.241. The van der Waals surface area contributed by atoms with Crippen molar-refractivity contribution in [3.63, 3.8) is 0 Å². The largest absolute Gasteiger partial charge is 0.494 e. The van der Waals surface area contributed by atoms with Gasteiger partial charge in [0.25, 0.3) is 5.91 Å². The summed E-state index contributed by atoms with van der Waals surface area (Å²) in [5, 5.41) is 0. The Kier molecular flexibility index (Phi) is 4.43. The fourth-order valence-corrected chi connectivity index (χ4v) is 3.54. The van der Waals surface area contributed by atoms with E-state index < -0.39 is 5.82 Å². The van der Waals surface area contributed by atoms with E-state index in [9.17, 15) is 14.0 Å². The van der Waals surface area contributed by atoms with Crippen LogP contribution in [0.15, 0.2) is 60.7 Å². The highest BCUT2D eigenvalue weighted by Gasteiger charge is 2.27. The molecule has 0 fully saturated rings. The van der Waals surface area contributed by atoms with Crippen molar-refractivity contribution in [3.8, 4) is 16.9 Å². The number of fused-ring (bicyclic) bond motifs is 3. The van der Waals surface area contributed by atoms with Gasteiger partial charge in [-0.15, -0.1) is 0 Å². The minimum atomic E-state index is -0.471. The van der Waals surface area contributed by atoms with E-state index >= 15 is 0 Å². The molecule has 0 radical (unpaired) electrons. The highest BCUT2D eigenvalue weighted by atomic mass is 19.1. The number of carbonyl (C=O) groups excluding carboxylic acids is 2. The van der Waals surface area contributed by atoms with E-state index in [1.54, 1.807) is 31.3 Å². The van der Waals surface area contributed by atoms with Crippen molar-refractivity contribution in [2.24, 2.45) is 0 Å². The molecule has 0 heterocycles. The maximum absolute atomic E-state index is 13.9. The van der Waals surface area contributed by atoms with Crippen molar-refractivity contribution in [3.05, 3.63) is 88.7 Å². The van der Waals surface area contributed by atoms with Crippen LogP contribution in [0.4, 0.5) is 4.39 Å². The second-order valence-corrected chi connectivity index (χ2v) is 6.77. The third-order valence-electron chi connectivity index (χ3n) is 4.96. The van der Waals surface area contributed by atoms with Crippen molar-refractivity contribution in [1.82, 2.24) is 4.90 Å². The smallest absolute Gasteiger partial charge is 0.253 e. The van der Waals surface area contributed by atoms with E-state index in [0.29, 0.717) is 22.3 Å². The number of ether oxygens (including phenoxy) is 1. The molecule has 0 saturated carbocycles. The molecule has 0 unspecified atom stereocenters. The number of nitrogens with zero attached hydrogens (tertiary/aromatic N) is 1. The molecule has 0 aromatic heterocycles. The third kappa shape index (κ3) is 2.95. The molecule has 4 rings (SSSR count). The lowest BCUT2D eigenvalue weighted by Gasteiger charge is -2.18. The summed E-state index contributed by atoms with van der Waals surface area (Å²) in [6.07, 6.45) is 0. The van der Waals surface area contributed by atoms with E-state index in [0.717, 1.165) is 11.1 Å². The van der Waals surface area contributed by atoms with Crippen molar-refractivity contribution >= 4 is 11.7 Å². The van der Waals surface area contributed by atoms with Crippen LogP contribution in [-0.2, 0) is 6.54 Å². The number of amides is 1. The summed E-state index contributed by atoms with van der Waals surface area (Å²) < 4.78 is 18.8. The van der Waals surface area contributed by atoms with Gasteiger partial charge in [0.15, 0.2) is 17.3 Å². The average Bonchev–Trinajstić information content (AvgIpc) is 3.00. The highest BCUT2D eigenvalue weighted by Crippen LogP contribution is 2.36. The Labute approximate surface area is 162 Å². The van der Waals surface area contributed by atoms with Crippen LogP contribution in [0.3, 0.4) is 0 Å². The van der Waals surface area contributed by atoms with E-state index in [-0.39, 0.29) is 24.0 Å². The summed E-state index contributed by atoms with van der Waals surface area (Å²) >= 11 is 0. The molecule has 5 heteroatoms. The summed E-state index contributed by atoms with van der Waals surface area (Å²) in [5.41, 5.74) is 4.01. The quantitative estimate of drug-likeness (QED) is 0.534. The monoisotopic (exact) mass is 375 g/mol. The van der Waals surface area contributed by atoms with Gasteiger partial charge in [-0.3, -0.25) is 9.59 Å². The minimum absolute atomic E-state index is 0.0693. The number of carbonyl (C=O) groups is 2. The van der Waals surface area contributed by atoms with Crippen molar-refractivity contribution in [1.29, 1.82) is 0 Å². The first-order valence-corrected chi connectivity index (χ1v) is 8.85. The zero-order valence-electron chi connectivity index (χ0n) is 15.5. The first-order chi connectivity index (χ1) is 13.5. The predicted octanol–water partition coefficient (Wildman–Crippen LogP) is 4.32. The number of hydrogen-bond acceptors (Lipinski definition) is 3. The van der Waals surface area contributed by atoms with E-state index in [1.807, 2.05) is 24.3 Å². The van der Waals surface area contributed by atoms with E-state index in [2.05, 4.69) is 0 Å². The van der Waals surface area contributed by atoms with Gasteiger partial charge in [0, 0.05) is 30.3 Å². The number of ketones is 1. The van der Waals surface area contributed by atoms with Gasteiger partial charge in [0.2, 0.25) is 0 Å². The molecule has 0 spiro atoms. The molecule has 1 aliphatic rings. The Bertz CT molecular complexity index is 1110. The molecule has 140 valence electrons. The molecular formula is C23H18FNO3. The maximum atomic E-state index is 13.9. The molecule has 0 atom stereocenters. The molecule has 28 heavy (non-hydrogen) atoms. The van der Waals surface area contributed by atoms with Crippen LogP contribution in [-0.4, -0.2) is 30.7 Å². The molecule has 0 saturated heterocycles. The summed E-state index contributed by atoms with van der Waals surface area (Å²) in [5.74, 6) is -0.612. The number of rotatable bonds is 4. The lowest BCUT2D eigenvalue weighted by atomic mass is 10.0. The van der Waals surface area contributed by atoms with Crippen LogP contribution < -0.4 is 4.74 Å². The summed E-state index contributed by atoms with van der Waals surface area (Å²) in [7, 11) is 3.05. The normalized spacial score (nSPS) is 11.8. The minimum Gasteiger partial charge on any atom is -0.494 e. The van der Waals surface area contributed by atoms with Crippen LogP contribution >= 0.6 is 0 Å². The lowest BCUT2D eigenvalue weighted by molar-refractivity contribution is 0.0785. The fourth-order valence-electron chi connectivity index (χ4n) is 3.54. The first kappa shape index (κ1) is 17.9. The van der Waals surface area contributed by atoms with Crippen LogP contribution in [0.5, 0.6) is 5.75 Å². The van der Waals surface area contributed by atoms with Crippen LogP contribution in [0.1, 0.15) is 31.8 Å². The molecule has 0 aliphatic heterocycles. The topological polar surface area (TPSA) is 46.6 Å². The standard InChI is InChI=1S/C23H18FNO3/c1-25(13-14-7-10-21(28-2)20(24)11-14)23(27)15-8-9-17-16-5-3-4-6-18(16)22(26)19(17)12-15/h3-12H,13H2,1-2H3. The Balaban J connectivity index is 1.57. The van der Waals surface area contributed by atoms with Gasteiger partial charge in [-0.2, -0.15) is 0 Å². The zero-order valence-corrected chi connectivity index (χ0v) is 15.5. The van der Waals surface area contributed by atoms with Gasteiger partial charge in [-0.25, -0.2) is 4.39 Å². The summed E-state index contributed by atoms with van der Waals surface area (Å²) in [6, 6.07) is 17.2. The molecule has 0 N–H and O–H groups in total. The van der Waals surface area contributed by atoms with Crippen LogP contribution in [0, 0.1) is 5.82 Å². The van der Waals surface area contributed by atoms with Crippen LogP contribution in [0.25, 0.3) is 11.1 Å². The number of methoxy groups -OCH3 is 1. The average molecular weight is 375 g/mol. The molecule has 1 amide bonds. The molecular weight excluding hydrogens is 357 g/mol. The second kappa shape index (κ2) is 6.93. The molecule has 3 aromatic rings. The van der Waals surface area contributed by atoms with Crippen LogP contribution in [0.2, 0.25) is 0 Å². The second-order valence-electron chi connectivity index (χ2n) is 6.77. The summed E-state index contributed by atoms with van der Waals surface area (Å²) in [4.78, 5) is 27.0. The van der Waals surface area contributed by atoms with Gasteiger partial charge in [-0.1, -0.05) is 36.4 Å². The van der Waals surface area contributed by atoms with Crippen molar-refractivity contribution < 1.29 is 18.7 Å². The molecule has 3 aromatic carbocycles. The Morgan fingerprint density at radius 1 is 0.964 bits per heavy atom. The first-order valence-electron chi connectivity index (χ1n) is 8.85. The third-order valence-corrected chi connectivity index (χ3v) is 4.96. The zero-order chi connectivity index (χ0) is 19.8. The lowest BCUT2D eigenvalue weighted by Crippen LogP contribution is -2.26.